The lowest BCUT2D eigenvalue weighted by atomic mass is 10.2. The third-order valence-corrected chi connectivity index (χ3v) is 2.68. The molecule has 0 aliphatic heterocycles. The van der Waals surface area contributed by atoms with Crippen molar-refractivity contribution < 1.29 is 9.23 Å². The summed E-state index contributed by atoms with van der Waals surface area (Å²) in [6, 6.07) is 7.81. The van der Waals surface area contributed by atoms with E-state index in [9.17, 15) is 4.39 Å². The fourth-order valence-corrected chi connectivity index (χ4v) is 1.84. The molecule has 6 heteroatoms. The lowest BCUT2D eigenvalue weighted by molar-refractivity contribution is -0.110. The molecule has 0 aliphatic rings. The minimum Gasteiger partial charge on any atom is -0.368 e. The summed E-state index contributed by atoms with van der Waals surface area (Å²) < 4.78 is 13.0. The predicted octanol–water partition coefficient (Wildman–Crippen LogP) is 2.28. The van der Waals surface area contributed by atoms with Crippen LogP contribution in [0.5, 0.6) is 0 Å². The summed E-state index contributed by atoms with van der Waals surface area (Å²) in [6.45, 7) is 0.174. The van der Waals surface area contributed by atoms with Crippen molar-refractivity contribution in [1.82, 2.24) is 5.06 Å². The predicted molar refractivity (Wildman–Crippen MR) is 73.2 cm³/mol. The highest BCUT2D eigenvalue weighted by molar-refractivity contribution is 14.1. The van der Waals surface area contributed by atoms with Gasteiger partial charge in [0.2, 0.25) is 5.96 Å². The maximum atomic E-state index is 11.9. The summed E-state index contributed by atoms with van der Waals surface area (Å²) in [5.41, 5.74) is 6.39. The Balaban J connectivity index is 2.57. The molecule has 0 aromatic heterocycles. The van der Waals surface area contributed by atoms with Crippen LogP contribution in [0.25, 0.3) is 0 Å². The van der Waals surface area contributed by atoms with Crippen molar-refractivity contribution in [2.75, 3.05) is 13.3 Å². The molecule has 17 heavy (non-hydrogen) atoms. The maximum Gasteiger partial charge on any atom is 0.213 e. The number of alkyl halides is 1. The molecule has 0 amide bonds. The van der Waals surface area contributed by atoms with Gasteiger partial charge in [-0.1, -0.05) is 12.1 Å². The first-order valence-corrected chi connectivity index (χ1v) is 6.26. The van der Waals surface area contributed by atoms with Gasteiger partial charge in [-0.3, -0.25) is 14.6 Å². The van der Waals surface area contributed by atoms with E-state index in [1.807, 2.05) is 24.3 Å². The van der Waals surface area contributed by atoms with Crippen molar-refractivity contribution in [2.45, 2.75) is 13.0 Å². The number of nitrogens with one attached hydrogen (secondary N) is 1. The van der Waals surface area contributed by atoms with Crippen LogP contribution in [0.1, 0.15) is 12.0 Å². The van der Waals surface area contributed by atoms with Gasteiger partial charge >= 0.3 is 0 Å². The minimum absolute atomic E-state index is 0.178. The first kappa shape index (κ1) is 14.2. The van der Waals surface area contributed by atoms with Crippen molar-refractivity contribution in [1.29, 1.82) is 5.41 Å². The number of nitrogens with zero attached hydrogens (tertiary/aromatic N) is 1. The fourth-order valence-electron chi connectivity index (χ4n) is 1.23. The van der Waals surface area contributed by atoms with Crippen molar-refractivity contribution in [3.63, 3.8) is 0 Å². The molecule has 0 spiro atoms. The summed E-state index contributed by atoms with van der Waals surface area (Å²) in [4.78, 5) is 5.23. The molecule has 0 fully saturated rings. The molecule has 1 aromatic carbocycles. The van der Waals surface area contributed by atoms with Crippen molar-refractivity contribution >= 4 is 28.6 Å². The van der Waals surface area contributed by atoms with E-state index in [2.05, 4.69) is 22.6 Å². The van der Waals surface area contributed by atoms with Gasteiger partial charge in [-0.05, 0) is 40.3 Å². The zero-order valence-electron chi connectivity index (χ0n) is 9.33. The first-order chi connectivity index (χ1) is 8.13. The number of benzene rings is 1. The van der Waals surface area contributed by atoms with E-state index >= 15 is 0 Å². The number of nitrogens with two attached hydrogens (primary N) is 1. The van der Waals surface area contributed by atoms with E-state index in [1.54, 1.807) is 0 Å². The molecule has 0 atom stereocenters. The highest BCUT2D eigenvalue weighted by Gasteiger charge is 2.08. The van der Waals surface area contributed by atoms with E-state index in [0.717, 1.165) is 9.13 Å². The van der Waals surface area contributed by atoms with Crippen LogP contribution in [0.3, 0.4) is 0 Å². The summed E-state index contributed by atoms with van der Waals surface area (Å²) in [5.74, 6) is -0.178. The highest BCUT2D eigenvalue weighted by atomic mass is 127. The molecule has 0 bridgehead atoms. The fraction of sp³-hybridized carbons (Fsp3) is 0.364. The van der Waals surface area contributed by atoms with Crippen LogP contribution in [0.4, 0.5) is 4.39 Å². The number of rotatable bonds is 6. The number of hydrogen-bond acceptors (Lipinski definition) is 2. The first-order valence-electron chi connectivity index (χ1n) is 5.18. The van der Waals surface area contributed by atoms with Gasteiger partial charge < -0.3 is 5.73 Å². The molecule has 0 saturated carbocycles. The van der Waals surface area contributed by atoms with E-state index < -0.39 is 6.67 Å². The van der Waals surface area contributed by atoms with Gasteiger partial charge in [-0.25, -0.2) is 5.06 Å². The molecule has 0 saturated heterocycles. The van der Waals surface area contributed by atoms with Crippen LogP contribution in [0.2, 0.25) is 0 Å². The molecule has 4 nitrogen and oxygen atoms in total. The molecule has 1 rings (SSSR count). The minimum atomic E-state index is -0.436. The Labute approximate surface area is 114 Å². The molecule has 0 aliphatic carbocycles. The molecule has 1 aromatic rings. The monoisotopic (exact) mass is 351 g/mol. The Kier molecular flexibility index (Phi) is 6.20. The topological polar surface area (TPSA) is 62.3 Å². The van der Waals surface area contributed by atoms with Crippen LogP contribution in [0.15, 0.2) is 24.3 Å². The summed E-state index contributed by atoms with van der Waals surface area (Å²) in [7, 11) is 0. The zero-order chi connectivity index (χ0) is 12.7. The second-order valence-corrected chi connectivity index (χ2v) is 4.67. The maximum absolute atomic E-state index is 11.9. The largest absolute Gasteiger partial charge is 0.368 e. The number of guanidine groups is 1. The number of hydrogen-bond donors (Lipinski definition) is 2. The summed E-state index contributed by atoms with van der Waals surface area (Å²) >= 11 is 2.21. The second kappa shape index (κ2) is 7.44. The standard InChI is InChI=1S/C11H15FIN3O/c12-5-2-6-17-16(11(14)15)8-9-3-1-4-10(13)7-9/h1,3-4,7H,2,5-6,8H2,(H3,14,15). The van der Waals surface area contributed by atoms with Crippen LogP contribution >= 0.6 is 22.6 Å². The molecule has 0 heterocycles. The molecule has 3 N–H and O–H groups in total. The normalized spacial score (nSPS) is 10.2. The highest BCUT2D eigenvalue weighted by Crippen LogP contribution is 2.10. The van der Waals surface area contributed by atoms with Crippen molar-refractivity contribution in [3.05, 3.63) is 33.4 Å². The molecular weight excluding hydrogens is 336 g/mol. The average molecular weight is 351 g/mol. The van der Waals surface area contributed by atoms with E-state index in [0.29, 0.717) is 13.0 Å². The van der Waals surface area contributed by atoms with Crippen LogP contribution in [-0.2, 0) is 11.4 Å². The summed E-state index contributed by atoms with van der Waals surface area (Å²) in [5, 5.41) is 8.64. The van der Waals surface area contributed by atoms with Gasteiger partial charge in [0, 0.05) is 9.99 Å². The molecule has 94 valence electrons. The van der Waals surface area contributed by atoms with Crippen LogP contribution in [-0.4, -0.2) is 24.3 Å². The van der Waals surface area contributed by atoms with Crippen molar-refractivity contribution in [2.24, 2.45) is 5.73 Å². The Morgan fingerprint density at radius 2 is 2.29 bits per heavy atom. The Morgan fingerprint density at radius 3 is 2.88 bits per heavy atom. The van der Waals surface area contributed by atoms with Crippen molar-refractivity contribution in [3.8, 4) is 0 Å². The average Bonchev–Trinajstić information content (AvgIpc) is 2.28. The lowest BCUT2D eigenvalue weighted by Gasteiger charge is -2.21. The van der Waals surface area contributed by atoms with Crippen LogP contribution in [0, 0.1) is 8.98 Å². The SMILES string of the molecule is N=C(N)N(Cc1cccc(I)c1)OCCCF. The lowest BCUT2D eigenvalue weighted by Crippen LogP contribution is -2.36. The van der Waals surface area contributed by atoms with Gasteiger partial charge in [0.25, 0.3) is 0 Å². The van der Waals surface area contributed by atoms with Gasteiger partial charge in [0.15, 0.2) is 0 Å². The Hall–Kier alpha value is -0.890. The van der Waals surface area contributed by atoms with Gasteiger partial charge in [0.05, 0.1) is 19.8 Å². The number of hydroxylamine groups is 2. The van der Waals surface area contributed by atoms with E-state index in [1.165, 1.54) is 5.06 Å². The van der Waals surface area contributed by atoms with Gasteiger partial charge in [-0.15, -0.1) is 0 Å². The quantitative estimate of drug-likeness (QED) is 0.272. The smallest absolute Gasteiger partial charge is 0.213 e. The molecular formula is C11H15FIN3O. The van der Waals surface area contributed by atoms with E-state index in [4.69, 9.17) is 16.0 Å². The third kappa shape index (κ3) is 5.31. The number of halogens is 2. The molecule has 0 radical (unpaired) electrons. The zero-order valence-corrected chi connectivity index (χ0v) is 11.5. The Bertz CT molecular complexity index is 375. The molecule has 0 unspecified atom stereocenters. The summed E-state index contributed by atoms with van der Waals surface area (Å²) in [6.07, 6.45) is 0.302. The van der Waals surface area contributed by atoms with Crippen LogP contribution < -0.4 is 5.73 Å². The second-order valence-electron chi connectivity index (χ2n) is 3.43. The Morgan fingerprint density at radius 1 is 1.53 bits per heavy atom. The van der Waals surface area contributed by atoms with Gasteiger partial charge in [0.1, 0.15) is 0 Å². The third-order valence-electron chi connectivity index (χ3n) is 2.01. The van der Waals surface area contributed by atoms with Gasteiger partial charge in [-0.2, -0.15) is 0 Å². The van der Waals surface area contributed by atoms with E-state index in [-0.39, 0.29) is 12.6 Å².